The van der Waals surface area contributed by atoms with Gasteiger partial charge >= 0.3 is 11.9 Å². The maximum atomic E-state index is 13.0. The van der Waals surface area contributed by atoms with Crippen molar-refractivity contribution in [2.75, 3.05) is 6.61 Å². The van der Waals surface area contributed by atoms with Crippen LogP contribution in [0.1, 0.15) is 106 Å². The van der Waals surface area contributed by atoms with Crippen molar-refractivity contribution in [3.8, 4) is 0 Å². The number of fused-ring (bicyclic) bond motifs is 7. The second-order valence-corrected chi connectivity index (χ2v) is 17.1. The monoisotopic (exact) mass is 634 g/mol. The molecule has 0 radical (unpaired) electrons. The standard InChI is InChI=1S/C36H58O9/c1-19-10-15-36(31(43)44)17-16-34(6)21(26(36)20(19)2)8-9-24-33(5)13-12-25(32(3,4)23(33)11-14-35(24,34)7)45-30(42)29(41)28(40)27(39)22(38)18-37/h8,19-20,22-29,37-41H,9-18H2,1-7H3,(H,43,44)/t19-,20+,22-,23?,24-,25+,26+,27+,28+,29-,33+,34-,35-,36+/m1/s1. The maximum absolute atomic E-state index is 13.0. The van der Waals surface area contributed by atoms with Crippen LogP contribution in [-0.4, -0.2) is 79.7 Å². The Labute approximate surface area is 268 Å². The summed E-state index contributed by atoms with van der Waals surface area (Å²) in [5.74, 6) is -0.192. The van der Waals surface area contributed by atoms with E-state index in [1.165, 1.54) is 5.57 Å². The molecule has 5 aliphatic carbocycles. The zero-order valence-electron chi connectivity index (χ0n) is 28.3. The van der Waals surface area contributed by atoms with Gasteiger partial charge in [0.2, 0.25) is 0 Å². The number of aliphatic hydroxyl groups is 5. The molecule has 0 heterocycles. The third kappa shape index (κ3) is 4.88. The Kier molecular flexibility index (Phi) is 8.95. The number of carboxylic acid groups (broad SMARTS) is 1. The summed E-state index contributed by atoms with van der Waals surface area (Å²) in [5, 5.41) is 60.1. The Hall–Kier alpha value is -1.52. The Balaban J connectivity index is 1.41. The zero-order valence-corrected chi connectivity index (χ0v) is 28.3. The highest BCUT2D eigenvalue weighted by Crippen LogP contribution is 2.75. The van der Waals surface area contributed by atoms with Gasteiger partial charge in [-0.25, -0.2) is 4.79 Å². The van der Waals surface area contributed by atoms with Gasteiger partial charge in [0.15, 0.2) is 6.10 Å². The first-order chi connectivity index (χ1) is 20.8. The summed E-state index contributed by atoms with van der Waals surface area (Å²) in [6.07, 6.45) is 1.91. The predicted molar refractivity (Wildman–Crippen MR) is 168 cm³/mol. The van der Waals surface area contributed by atoms with Gasteiger partial charge in [-0.2, -0.15) is 0 Å². The average molecular weight is 635 g/mol. The van der Waals surface area contributed by atoms with Crippen molar-refractivity contribution in [1.82, 2.24) is 0 Å². The van der Waals surface area contributed by atoms with Crippen molar-refractivity contribution >= 4 is 11.9 Å². The second kappa shape index (κ2) is 11.6. The molecule has 45 heavy (non-hydrogen) atoms. The molecule has 4 saturated carbocycles. The van der Waals surface area contributed by atoms with Gasteiger partial charge < -0.3 is 35.4 Å². The number of carboxylic acids is 1. The molecule has 0 aliphatic heterocycles. The molecular formula is C36H58O9. The molecule has 4 fully saturated rings. The van der Waals surface area contributed by atoms with Crippen LogP contribution in [-0.2, 0) is 14.3 Å². The third-order valence-electron chi connectivity index (χ3n) is 15.1. The number of carbonyl (C=O) groups is 2. The number of rotatable bonds is 7. The molecule has 0 aromatic rings. The molecule has 0 aromatic heterocycles. The lowest BCUT2D eigenvalue weighted by Crippen LogP contribution is -2.65. The number of esters is 1. The molecule has 0 spiro atoms. The molecule has 9 nitrogen and oxygen atoms in total. The Morgan fingerprint density at radius 3 is 2.18 bits per heavy atom. The number of hydrogen-bond acceptors (Lipinski definition) is 8. The maximum Gasteiger partial charge on any atom is 0.338 e. The quantitative estimate of drug-likeness (QED) is 0.179. The molecule has 5 rings (SSSR count). The molecule has 256 valence electrons. The lowest BCUT2D eigenvalue weighted by molar-refractivity contribution is -0.220. The topological polar surface area (TPSA) is 165 Å². The predicted octanol–water partition coefficient (Wildman–Crippen LogP) is 4.08. The van der Waals surface area contributed by atoms with Gasteiger partial charge in [0.25, 0.3) is 0 Å². The van der Waals surface area contributed by atoms with Crippen LogP contribution in [0.3, 0.4) is 0 Å². The first-order valence-corrected chi connectivity index (χ1v) is 17.3. The van der Waals surface area contributed by atoms with Crippen molar-refractivity contribution in [3.05, 3.63) is 11.6 Å². The first kappa shape index (κ1) is 34.8. The van der Waals surface area contributed by atoms with Gasteiger partial charge in [0.05, 0.1) is 12.0 Å². The Morgan fingerprint density at radius 1 is 0.889 bits per heavy atom. The van der Waals surface area contributed by atoms with Crippen LogP contribution < -0.4 is 0 Å². The number of hydrogen-bond donors (Lipinski definition) is 6. The van der Waals surface area contributed by atoms with E-state index in [1.807, 2.05) is 0 Å². The molecule has 0 aromatic carbocycles. The summed E-state index contributed by atoms with van der Waals surface area (Å²) < 4.78 is 5.86. The smallest absolute Gasteiger partial charge is 0.338 e. The number of allylic oxidation sites excluding steroid dienone is 2. The van der Waals surface area contributed by atoms with Crippen molar-refractivity contribution in [1.29, 1.82) is 0 Å². The molecule has 6 N–H and O–H groups in total. The molecular weight excluding hydrogens is 576 g/mol. The summed E-state index contributed by atoms with van der Waals surface area (Å²) in [6.45, 7) is 15.3. The molecule has 1 unspecified atom stereocenters. The van der Waals surface area contributed by atoms with Gasteiger partial charge in [-0.3, -0.25) is 4.79 Å². The van der Waals surface area contributed by atoms with Crippen LogP contribution in [0.2, 0.25) is 0 Å². The fourth-order valence-corrected chi connectivity index (χ4v) is 11.9. The van der Waals surface area contributed by atoms with Gasteiger partial charge in [0.1, 0.15) is 24.4 Å². The normalized spacial score (nSPS) is 46.5. The first-order valence-electron chi connectivity index (χ1n) is 17.3. The largest absolute Gasteiger partial charge is 0.481 e. The molecule has 0 saturated heterocycles. The third-order valence-corrected chi connectivity index (χ3v) is 15.1. The second-order valence-electron chi connectivity index (χ2n) is 17.1. The van der Waals surface area contributed by atoms with E-state index in [2.05, 4.69) is 54.5 Å². The fourth-order valence-electron chi connectivity index (χ4n) is 11.9. The number of aliphatic hydroxyl groups excluding tert-OH is 5. The van der Waals surface area contributed by atoms with E-state index in [-0.39, 0.29) is 28.1 Å². The Morgan fingerprint density at radius 2 is 1.56 bits per heavy atom. The summed E-state index contributed by atoms with van der Waals surface area (Å²) in [7, 11) is 0. The molecule has 0 amide bonds. The van der Waals surface area contributed by atoms with Crippen LogP contribution >= 0.6 is 0 Å². The molecule has 9 heteroatoms. The van der Waals surface area contributed by atoms with E-state index in [4.69, 9.17) is 9.84 Å². The van der Waals surface area contributed by atoms with Crippen molar-refractivity contribution in [2.24, 2.45) is 56.7 Å². The van der Waals surface area contributed by atoms with E-state index < -0.39 is 59.9 Å². The van der Waals surface area contributed by atoms with E-state index in [9.17, 15) is 35.1 Å². The van der Waals surface area contributed by atoms with E-state index in [0.717, 1.165) is 51.4 Å². The lowest BCUT2D eigenvalue weighted by atomic mass is 9.33. The Bertz CT molecular complexity index is 1200. The van der Waals surface area contributed by atoms with E-state index >= 15 is 0 Å². The van der Waals surface area contributed by atoms with Crippen LogP contribution in [0, 0.1) is 56.7 Å². The van der Waals surface area contributed by atoms with E-state index in [1.54, 1.807) is 0 Å². The summed E-state index contributed by atoms with van der Waals surface area (Å²) in [4.78, 5) is 25.9. The number of carbonyl (C=O) groups excluding carboxylic acids is 1. The average Bonchev–Trinajstić information content (AvgIpc) is 2.98. The highest BCUT2D eigenvalue weighted by Gasteiger charge is 2.69. The minimum atomic E-state index is -2.06. The summed E-state index contributed by atoms with van der Waals surface area (Å²) >= 11 is 0. The molecule has 14 atom stereocenters. The highest BCUT2D eigenvalue weighted by molar-refractivity contribution is 5.77. The van der Waals surface area contributed by atoms with Crippen molar-refractivity contribution < 1.29 is 45.0 Å². The van der Waals surface area contributed by atoms with Gasteiger partial charge in [-0.15, -0.1) is 0 Å². The molecule has 0 bridgehead atoms. The SMILES string of the molecule is C[C@H]1[C@H](C)CC[C@]2(C(=O)O)CC[C@]3(C)C(=CC[C@@H]4[C@@]5(C)CC[C@H](OC(=O)[C@H](O)[C@@H](O)[C@@H](O)[C@H](O)CO)C(C)(C)C5CC[C@]43C)[C@H]12. The van der Waals surface area contributed by atoms with Crippen LogP contribution in [0.15, 0.2) is 11.6 Å². The van der Waals surface area contributed by atoms with Gasteiger partial charge in [-0.1, -0.05) is 60.1 Å². The van der Waals surface area contributed by atoms with Gasteiger partial charge in [0, 0.05) is 5.41 Å². The number of aliphatic carboxylic acids is 1. The van der Waals surface area contributed by atoms with E-state index in [0.29, 0.717) is 24.2 Å². The van der Waals surface area contributed by atoms with Crippen molar-refractivity contribution in [3.63, 3.8) is 0 Å². The lowest BCUT2D eigenvalue weighted by Gasteiger charge is -2.71. The minimum Gasteiger partial charge on any atom is -0.481 e. The minimum absolute atomic E-state index is 0.00300. The highest BCUT2D eigenvalue weighted by atomic mass is 16.6. The van der Waals surface area contributed by atoms with Crippen LogP contribution in [0.4, 0.5) is 0 Å². The number of ether oxygens (including phenoxy) is 1. The molecule has 5 aliphatic rings. The fraction of sp³-hybridized carbons (Fsp3) is 0.889. The van der Waals surface area contributed by atoms with Crippen LogP contribution in [0.25, 0.3) is 0 Å². The van der Waals surface area contributed by atoms with Crippen LogP contribution in [0.5, 0.6) is 0 Å². The summed E-state index contributed by atoms with van der Waals surface area (Å²) in [5.41, 5.74) is 0.163. The van der Waals surface area contributed by atoms with Crippen molar-refractivity contribution in [2.45, 2.75) is 137 Å². The summed E-state index contributed by atoms with van der Waals surface area (Å²) in [6, 6.07) is 0. The van der Waals surface area contributed by atoms with Gasteiger partial charge in [-0.05, 0) is 104 Å². The zero-order chi connectivity index (χ0) is 33.5.